The number of thiol groups is 1. The van der Waals surface area contributed by atoms with E-state index in [-0.39, 0.29) is 17.4 Å². The van der Waals surface area contributed by atoms with Gasteiger partial charge in [-0.15, -0.1) is 0 Å². The van der Waals surface area contributed by atoms with Crippen LogP contribution in [0.3, 0.4) is 0 Å². The Kier molecular flexibility index (Phi) is 20.2. The summed E-state index contributed by atoms with van der Waals surface area (Å²) in [6.45, 7) is 1.99. The van der Waals surface area contributed by atoms with Gasteiger partial charge in [0, 0.05) is 0 Å². The van der Waals surface area contributed by atoms with Gasteiger partial charge >= 0.3 is 0 Å². The van der Waals surface area contributed by atoms with Crippen LogP contribution in [0.5, 0.6) is 0 Å². The molecule has 0 radical (unpaired) electrons. The Labute approximate surface area is 43.1 Å². The van der Waals surface area contributed by atoms with Crippen molar-refractivity contribution >= 4 is 30.0 Å². The third kappa shape index (κ3) is 13.1. The van der Waals surface area contributed by atoms with E-state index in [9.17, 15) is 0 Å². The molecule has 0 aromatic heterocycles. The van der Waals surface area contributed by atoms with Crippen molar-refractivity contribution < 1.29 is 0 Å². The van der Waals surface area contributed by atoms with E-state index in [1.807, 2.05) is 6.92 Å². The largest absolute Gasteiger partial charge is 0.187 e. The zero-order valence-corrected chi connectivity index (χ0v) is 3.05. The lowest BCUT2D eigenvalue weighted by atomic mass is 11.0. The summed E-state index contributed by atoms with van der Waals surface area (Å²) in [6, 6.07) is 0. The summed E-state index contributed by atoms with van der Waals surface area (Å²) in [4.78, 5) is 0. The molecule has 0 aromatic carbocycles. The Morgan fingerprint density at radius 2 is 1.75 bits per heavy atom. The summed E-state index contributed by atoms with van der Waals surface area (Å²) in [5.41, 5.74) is 0. The first kappa shape index (κ1) is 8.86. The Morgan fingerprint density at radius 1 is 1.75 bits per heavy atom. The highest BCUT2D eigenvalue weighted by molar-refractivity contribution is 7.80. The first-order chi connectivity index (χ1) is 1.41. The summed E-state index contributed by atoms with van der Waals surface area (Å²) in [5, 5.41) is 0. The van der Waals surface area contributed by atoms with Gasteiger partial charge in [-0.05, 0) is 5.75 Å². The van der Waals surface area contributed by atoms with Crippen LogP contribution in [-0.2, 0) is 0 Å². The molecule has 4 heavy (non-hydrogen) atoms. The average Bonchev–Trinajstić information content (AvgIpc) is 0.918. The summed E-state index contributed by atoms with van der Waals surface area (Å²) in [7, 11) is 0. The van der Waals surface area contributed by atoms with Crippen molar-refractivity contribution in [3.8, 4) is 0 Å². The summed E-state index contributed by atoms with van der Waals surface area (Å²) in [6.07, 6.45) is 0. The third-order valence-electron chi connectivity index (χ3n) is 0. The normalized spacial score (nSPS) is 4.50. The van der Waals surface area contributed by atoms with Crippen LogP contribution in [-0.4, -0.2) is 23.1 Å². The van der Waals surface area contributed by atoms with E-state index in [1.165, 1.54) is 0 Å². The van der Waals surface area contributed by atoms with Gasteiger partial charge in [0.1, 0.15) is 0 Å². The summed E-state index contributed by atoms with van der Waals surface area (Å²) < 4.78 is 0. The molecular weight excluding hydrogens is 83.1 g/mol. The van der Waals surface area contributed by atoms with E-state index in [0.29, 0.717) is 0 Å². The molecule has 0 unspecified atom stereocenters. The molecular formula is C2H9AlS. The van der Waals surface area contributed by atoms with Crippen molar-refractivity contribution in [1.29, 1.82) is 0 Å². The number of hydrogen-bond donors (Lipinski definition) is 1. The first-order valence-electron chi connectivity index (χ1n) is 1.02. The highest BCUT2D eigenvalue weighted by atomic mass is 32.1. The Bertz CT molecular complexity index is 6.00. The SMILES string of the molecule is CCS.[AlH3]. The standard InChI is InChI=1S/C2H6S.Al.3H/c1-2-3;;;;/h3H,2H2,1H3;;;;. The maximum Gasteiger partial charge on any atom is 0.187 e. The topological polar surface area (TPSA) is 0 Å². The molecule has 0 rings (SSSR count). The second kappa shape index (κ2) is 9.10. The van der Waals surface area contributed by atoms with Crippen LogP contribution in [0.1, 0.15) is 6.92 Å². The van der Waals surface area contributed by atoms with Gasteiger partial charge in [0.05, 0.1) is 0 Å². The van der Waals surface area contributed by atoms with Crippen LogP contribution >= 0.6 is 12.6 Å². The van der Waals surface area contributed by atoms with Gasteiger partial charge in [-0.1, -0.05) is 6.92 Å². The summed E-state index contributed by atoms with van der Waals surface area (Å²) in [5.74, 6) is 0.944. The summed E-state index contributed by atoms with van der Waals surface area (Å²) >= 11 is 3.79. The van der Waals surface area contributed by atoms with Crippen molar-refractivity contribution in [3.63, 3.8) is 0 Å². The van der Waals surface area contributed by atoms with Gasteiger partial charge in [0.15, 0.2) is 17.4 Å². The smallest absolute Gasteiger partial charge is 0.180 e. The molecule has 0 N–H and O–H groups in total. The lowest BCUT2D eigenvalue weighted by molar-refractivity contribution is 1.54. The van der Waals surface area contributed by atoms with Crippen molar-refractivity contribution in [2.24, 2.45) is 0 Å². The van der Waals surface area contributed by atoms with E-state index in [0.717, 1.165) is 5.75 Å². The van der Waals surface area contributed by atoms with Crippen LogP contribution in [0.4, 0.5) is 0 Å². The Morgan fingerprint density at radius 3 is 1.75 bits per heavy atom. The molecule has 0 heterocycles. The van der Waals surface area contributed by atoms with Crippen molar-refractivity contribution in [3.05, 3.63) is 0 Å². The number of hydrogen-bond acceptors (Lipinski definition) is 1. The number of rotatable bonds is 0. The molecule has 0 fully saturated rings. The maximum absolute atomic E-state index is 3.79. The molecule has 0 spiro atoms. The van der Waals surface area contributed by atoms with E-state index >= 15 is 0 Å². The van der Waals surface area contributed by atoms with E-state index in [1.54, 1.807) is 0 Å². The van der Waals surface area contributed by atoms with Gasteiger partial charge in [-0.2, -0.15) is 12.6 Å². The third-order valence-corrected chi connectivity index (χ3v) is 0. The zero-order valence-electron chi connectivity index (χ0n) is 2.15. The minimum absolute atomic E-state index is 0. The van der Waals surface area contributed by atoms with E-state index < -0.39 is 0 Å². The molecule has 0 amide bonds. The lowest BCUT2D eigenvalue weighted by Gasteiger charge is -1.48. The van der Waals surface area contributed by atoms with E-state index in [2.05, 4.69) is 12.6 Å². The van der Waals surface area contributed by atoms with Crippen molar-refractivity contribution in [2.45, 2.75) is 6.92 Å². The Balaban J connectivity index is 0. The first-order valence-corrected chi connectivity index (χ1v) is 1.66. The molecule has 0 saturated heterocycles. The lowest BCUT2D eigenvalue weighted by Crippen LogP contribution is -1.36. The second-order valence-corrected chi connectivity index (χ2v) is 0.949. The minimum atomic E-state index is 0. The maximum atomic E-state index is 3.79. The fourth-order valence-electron chi connectivity index (χ4n) is 0. The van der Waals surface area contributed by atoms with Gasteiger partial charge in [0.2, 0.25) is 0 Å². The molecule has 0 saturated carbocycles. The van der Waals surface area contributed by atoms with Gasteiger partial charge in [-0.25, -0.2) is 0 Å². The van der Waals surface area contributed by atoms with Gasteiger partial charge in [0.25, 0.3) is 0 Å². The monoisotopic (exact) mass is 92.0 g/mol. The fourth-order valence-corrected chi connectivity index (χ4v) is 0. The molecule has 0 bridgehead atoms. The van der Waals surface area contributed by atoms with Crippen LogP contribution in [0.15, 0.2) is 0 Å². The van der Waals surface area contributed by atoms with Crippen LogP contribution in [0.25, 0.3) is 0 Å². The van der Waals surface area contributed by atoms with Crippen LogP contribution < -0.4 is 0 Å². The predicted octanol–water partition coefficient (Wildman–Crippen LogP) is -0.248. The molecule has 0 aliphatic carbocycles. The zero-order chi connectivity index (χ0) is 2.71. The van der Waals surface area contributed by atoms with E-state index in [4.69, 9.17) is 0 Å². The molecule has 0 aliphatic rings. The van der Waals surface area contributed by atoms with Crippen molar-refractivity contribution in [2.75, 3.05) is 5.75 Å². The highest BCUT2D eigenvalue weighted by Crippen LogP contribution is 1.58. The Hall–Kier alpha value is 0.882. The molecule has 0 nitrogen and oxygen atoms in total. The van der Waals surface area contributed by atoms with Crippen LogP contribution in [0.2, 0.25) is 0 Å². The predicted molar refractivity (Wildman–Crippen MR) is 29.5 cm³/mol. The highest BCUT2D eigenvalue weighted by Gasteiger charge is 1.35. The molecule has 0 aliphatic heterocycles. The van der Waals surface area contributed by atoms with Gasteiger partial charge in [-0.3, -0.25) is 0 Å². The molecule has 26 valence electrons. The van der Waals surface area contributed by atoms with Gasteiger partial charge < -0.3 is 0 Å². The molecule has 0 atom stereocenters. The minimum Gasteiger partial charge on any atom is -0.180 e. The van der Waals surface area contributed by atoms with Crippen LogP contribution in [0, 0.1) is 0 Å². The quantitative estimate of drug-likeness (QED) is 0.309. The average molecular weight is 92.1 g/mol. The molecule has 0 aromatic rings. The van der Waals surface area contributed by atoms with Crippen molar-refractivity contribution in [1.82, 2.24) is 0 Å². The fraction of sp³-hybridized carbons (Fsp3) is 1.00. The second-order valence-electron chi connectivity index (χ2n) is 0.316. The molecule has 2 heteroatoms.